The molecule has 56 heavy (non-hydrogen) atoms. The second-order valence-electron chi connectivity index (χ2n) is 14.0. The van der Waals surface area contributed by atoms with Gasteiger partial charge in [-0.1, -0.05) is 164 Å². The number of nitrogens with zero attached hydrogens (tertiary/aromatic N) is 4. The van der Waals surface area contributed by atoms with Crippen LogP contribution in [0.5, 0.6) is 0 Å². The van der Waals surface area contributed by atoms with Crippen LogP contribution in [-0.4, -0.2) is 19.5 Å². The van der Waals surface area contributed by atoms with Crippen LogP contribution in [-0.2, 0) is 0 Å². The van der Waals surface area contributed by atoms with Crippen molar-refractivity contribution in [3.8, 4) is 62.1 Å². The molecule has 0 atom stereocenters. The summed E-state index contributed by atoms with van der Waals surface area (Å²) in [5.74, 6) is 1.98. The lowest BCUT2D eigenvalue weighted by molar-refractivity contribution is 1.07. The molecule has 262 valence electrons. The predicted octanol–water partition coefficient (Wildman–Crippen LogP) is 13.7. The lowest BCUT2D eigenvalue weighted by atomic mass is 9.91. The molecule has 0 amide bonds. The monoisotopic (exact) mass is 732 g/mol. The van der Waals surface area contributed by atoms with Crippen molar-refractivity contribution in [3.05, 3.63) is 194 Å². The van der Waals surface area contributed by atoms with E-state index >= 15 is 0 Å². The molecule has 3 heterocycles. The number of hydrogen-bond acceptors (Lipinski definition) is 4. The van der Waals surface area contributed by atoms with Crippen LogP contribution in [0.4, 0.5) is 0 Å². The van der Waals surface area contributed by atoms with E-state index in [0.29, 0.717) is 17.5 Å². The van der Waals surface area contributed by atoms with Crippen LogP contribution >= 0.6 is 11.3 Å². The predicted molar refractivity (Wildman–Crippen MR) is 234 cm³/mol. The smallest absolute Gasteiger partial charge is 0.164 e. The van der Waals surface area contributed by atoms with Crippen molar-refractivity contribution >= 4 is 53.3 Å². The minimum absolute atomic E-state index is 0.658. The summed E-state index contributed by atoms with van der Waals surface area (Å²) >= 11 is 1.83. The molecule has 5 heteroatoms. The van der Waals surface area contributed by atoms with Crippen LogP contribution in [0.15, 0.2) is 194 Å². The normalized spacial score (nSPS) is 11.6. The first-order valence-electron chi connectivity index (χ1n) is 18.8. The Morgan fingerprint density at radius 1 is 0.357 bits per heavy atom. The van der Waals surface area contributed by atoms with Gasteiger partial charge in [0, 0.05) is 58.9 Å². The number of benzene rings is 8. The van der Waals surface area contributed by atoms with Gasteiger partial charge in [0.1, 0.15) is 0 Å². The van der Waals surface area contributed by atoms with Gasteiger partial charge in [-0.25, -0.2) is 15.0 Å². The second-order valence-corrected chi connectivity index (χ2v) is 15.0. The molecule has 0 fully saturated rings. The molecule has 0 saturated heterocycles. The molecular weight excluding hydrogens is 701 g/mol. The minimum atomic E-state index is 0.658. The van der Waals surface area contributed by atoms with E-state index in [1.165, 1.54) is 64.2 Å². The third-order valence-electron chi connectivity index (χ3n) is 10.7. The van der Waals surface area contributed by atoms with Crippen LogP contribution in [0.3, 0.4) is 0 Å². The summed E-state index contributed by atoms with van der Waals surface area (Å²) in [5.41, 5.74) is 11.3. The molecule has 0 unspecified atom stereocenters. The van der Waals surface area contributed by atoms with Crippen LogP contribution in [0.25, 0.3) is 104 Å². The van der Waals surface area contributed by atoms with Gasteiger partial charge in [-0.15, -0.1) is 11.3 Å². The van der Waals surface area contributed by atoms with Crippen LogP contribution in [0, 0.1) is 0 Å². The van der Waals surface area contributed by atoms with E-state index in [2.05, 4.69) is 138 Å². The summed E-state index contributed by atoms with van der Waals surface area (Å²) in [7, 11) is 0. The van der Waals surface area contributed by atoms with E-state index in [1.54, 1.807) is 0 Å². The SMILES string of the molecule is c1ccc(-c2nc(-c3ccccc3)nc(-c3ccc4c(c3)sc3c(-c5ccccc5-c5cccc6c5c5ccccc5n6-c5ccccc5)cccc34)n2)cc1. The number of aromatic nitrogens is 4. The molecule has 11 rings (SSSR count). The Kier molecular flexibility index (Phi) is 7.64. The minimum Gasteiger partial charge on any atom is -0.309 e. The Morgan fingerprint density at radius 3 is 1.59 bits per heavy atom. The van der Waals surface area contributed by atoms with Gasteiger partial charge in [-0.3, -0.25) is 0 Å². The van der Waals surface area contributed by atoms with E-state index in [-0.39, 0.29) is 0 Å². The Hall–Kier alpha value is -7.21. The number of thiophene rings is 1. The topological polar surface area (TPSA) is 43.6 Å². The van der Waals surface area contributed by atoms with Crippen molar-refractivity contribution < 1.29 is 0 Å². The molecule has 0 radical (unpaired) electrons. The van der Waals surface area contributed by atoms with E-state index < -0.39 is 0 Å². The summed E-state index contributed by atoms with van der Waals surface area (Å²) < 4.78 is 4.84. The second kappa shape index (κ2) is 13.3. The summed E-state index contributed by atoms with van der Waals surface area (Å²) in [5, 5.41) is 4.97. The third kappa shape index (κ3) is 5.32. The van der Waals surface area contributed by atoms with Gasteiger partial charge >= 0.3 is 0 Å². The molecule has 8 aromatic carbocycles. The van der Waals surface area contributed by atoms with Crippen LogP contribution in [0.2, 0.25) is 0 Å². The number of rotatable bonds is 6. The van der Waals surface area contributed by atoms with Gasteiger partial charge in [-0.2, -0.15) is 0 Å². The number of hydrogen-bond donors (Lipinski definition) is 0. The highest BCUT2D eigenvalue weighted by molar-refractivity contribution is 7.26. The molecule has 0 N–H and O–H groups in total. The van der Waals surface area contributed by atoms with E-state index in [9.17, 15) is 0 Å². The molecule has 0 saturated carbocycles. The quantitative estimate of drug-likeness (QED) is 0.171. The zero-order chi connectivity index (χ0) is 37.0. The standard InChI is InChI=1S/C51H32N4S/c1-4-16-33(17-5-1)49-52-50(34-18-6-2-7-19-34)54-51(53-49)35-30-31-39-42-27-14-26-41(48(42)56-46(39)32-35)38-23-11-10-22-37(38)40-25-15-29-45-47(40)43-24-12-13-28-44(43)55(45)36-20-8-3-9-21-36/h1-32H. The maximum absolute atomic E-state index is 5.02. The number of para-hydroxylation sites is 2. The molecule has 0 spiro atoms. The molecule has 0 aliphatic carbocycles. The summed E-state index contributed by atoms with van der Waals surface area (Å²) in [6, 6.07) is 68.6. The van der Waals surface area contributed by atoms with Crippen molar-refractivity contribution in [2.75, 3.05) is 0 Å². The fraction of sp³-hybridized carbons (Fsp3) is 0. The van der Waals surface area contributed by atoms with E-state index in [4.69, 9.17) is 15.0 Å². The van der Waals surface area contributed by atoms with E-state index in [1.807, 2.05) is 72.0 Å². The Balaban J connectivity index is 1.08. The molecule has 3 aromatic heterocycles. The van der Waals surface area contributed by atoms with Crippen molar-refractivity contribution in [3.63, 3.8) is 0 Å². The van der Waals surface area contributed by atoms with Crippen molar-refractivity contribution in [2.45, 2.75) is 0 Å². The average molecular weight is 733 g/mol. The summed E-state index contributed by atoms with van der Waals surface area (Å²) in [6.45, 7) is 0. The van der Waals surface area contributed by atoms with Gasteiger partial charge in [0.15, 0.2) is 17.5 Å². The Morgan fingerprint density at radius 2 is 0.875 bits per heavy atom. The fourth-order valence-electron chi connectivity index (χ4n) is 8.14. The van der Waals surface area contributed by atoms with Crippen LogP contribution < -0.4 is 0 Å². The highest BCUT2D eigenvalue weighted by Crippen LogP contribution is 2.46. The van der Waals surface area contributed by atoms with Crippen molar-refractivity contribution in [2.24, 2.45) is 0 Å². The summed E-state index contributed by atoms with van der Waals surface area (Å²) in [6.07, 6.45) is 0. The largest absolute Gasteiger partial charge is 0.309 e. The third-order valence-corrected chi connectivity index (χ3v) is 11.9. The van der Waals surface area contributed by atoms with Gasteiger partial charge in [0.25, 0.3) is 0 Å². The van der Waals surface area contributed by atoms with Gasteiger partial charge in [-0.05, 0) is 47.0 Å². The highest BCUT2D eigenvalue weighted by atomic mass is 32.1. The zero-order valence-corrected chi connectivity index (χ0v) is 31.0. The Labute approximate surface area is 327 Å². The highest BCUT2D eigenvalue weighted by Gasteiger charge is 2.20. The number of fused-ring (bicyclic) bond motifs is 6. The molecule has 0 bridgehead atoms. The first-order chi connectivity index (χ1) is 27.8. The molecule has 0 aliphatic rings. The summed E-state index contributed by atoms with van der Waals surface area (Å²) in [4.78, 5) is 14.9. The van der Waals surface area contributed by atoms with Crippen molar-refractivity contribution in [1.29, 1.82) is 0 Å². The average Bonchev–Trinajstić information content (AvgIpc) is 3.83. The maximum atomic E-state index is 5.02. The van der Waals surface area contributed by atoms with E-state index in [0.717, 1.165) is 22.4 Å². The lowest BCUT2D eigenvalue weighted by Crippen LogP contribution is -1.99. The molecule has 0 aliphatic heterocycles. The van der Waals surface area contributed by atoms with Crippen LogP contribution in [0.1, 0.15) is 0 Å². The molecule has 11 aromatic rings. The molecule has 4 nitrogen and oxygen atoms in total. The van der Waals surface area contributed by atoms with Crippen molar-refractivity contribution in [1.82, 2.24) is 19.5 Å². The van der Waals surface area contributed by atoms with Gasteiger partial charge in [0.05, 0.1) is 11.0 Å². The first-order valence-corrected chi connectivity index (χ1v) is 19.6. The maximum Gasteiger partial charge on any atom is 0.164 e. The zero-order valence-electron chi connectivity index (χ0n) is 30.2. The van der Waals surface area contributed by atoms with Gasteiger partial charge < -0.3 is 4.57 Å². The Bertz CT molecular complexity index is 3180. The molecular formula is C51H32N4S. The first kappa shape index (κ1) is 32.2. The lowest BCUT2D eigenvalue weighted by Gasteiger charge is -2.13. The fourth-order valence-corrected chi connectivity index (χ4v) is 9.41. The van der Waals surface area contributed by atoms with Gasteiger partial charge in [0.2, 0.25) is 0 Å².